The van der Waals surface area contributed by atoms with Crippen LogP contribution in [-0.2, 0) is 4.79 Å². The number of hydrogen-bond acceptors (Lipinski definition) is 4. The number of nitriles is 1. The molecule has 3 aromatic rings. The quantitative estimate of drug-likeness (QED) is 0.553. The Morgan fingerprint density at radius 2 is 1.88 bits per heavy atom. The fourth-order valence-corrected chi connectivity index (χ4v) is 2.77. The molecule has 2 aromatic carbocycles. The number of rotatable bonds is 4. The second-order valence-electron chi connectivity index (χ2n) is 5.92. The monoisotopic (exact) mass is 346 g/mol. The van der Waals surface area contributed by atoms with E-state index in [2.05, 4.69) is 5.32 Å². The predicted molar refractivity (Wildman–Crippen MR) is 101 cm³/mol. The van der Waals surface area contributed by atoms with Crippen molar-refractivity contribution in [3.8, 4) is 11.8 Å². The van der Waals surface area contributed by atoms with Gasteiger partial charge < -0.3 is 14.5 Å². The molecular formula is C21H18N2O3. The molecule has 0 fully saturated rings. The first-order valence-electron chi connectivity index (χ1n) is 8.09. The first kappa shape index (κ1) is 17.3. The summed E-state index contributed by atoms with van der Waals surface area (Å²) in [7, 11) is 1.56. The van der Waals surface area contributed by atoms with Crippen molar-refractivity contribution in [3.63, 3.8) is 0 Å². The number of benzene rings is 2. The van der Waals surface area contributed by atoms with Crippen molar-refractivity contribution in [2.45, 2.75) is 13.8 Å². The minimum Gasteiger partial charge on any atom is -0.493 e. The molecule has 1 amide bonds. The molecule has 1 heterocycles. The van der Waals surface area contributed by atoms with E-state index >= 15 is 0 Å². The molecule has 5 nitrogen and oxygen atoms in total. The normalized spacial score (nSPS) is 11.2. The average Bonchev–Trinajstić information content (AvgIpc) is 3.05. The number of furan rings is 1. The number of methoxy groups -OCH3 is 1. The van der Waals surface area contributed by atoms with Gasteiger partial charge in [0.2, 0.25) is 0 Å². The summed E-state index contributed by atoms with van der Waals surface area (Å²) in [6.07, 6.45) is 1.43. The number of aryl methyl sites for hydroxylation is 2. The van der Waals surface area contributed by atoms with Gasteiger partial charge in [0.25, 0.3) is 5.91 Å². The summed E-state index contributed by atoms with van der Waals surface area (Å²) < 4.78 is 11.0. The fourth-order valence-electron chi connectivity index (χ4n) is 2.77. The molecule has 0 aliphatic carbocycles. The molecule has 0 unspecified atom stereocenters. The van der Waals surface area contributed by atoms with Gasteiger partial charge in [-0.3, -0.25) is 4.79 Å². The molecule has 0 saturated heterocycles. The smallest absolute Gasteiger partial charge is 0.266 e. The van der Waals surface area contributed by atoms with Gasteiger partial charge in [0.1, 0.15) is 17.4 Å². The lowest BCUT2D eigenvalue weighted by molar-refractivity contribution is -0.112. The van der Waals surface area contributed by atoms with E-state index < -0.39 is 5.91 Å². The van der Waals surface area contributed by atoms with Crippen LogP contribution in [0.5, 0.6) is 5.75 Å². The number of nitrogens with zero attached hydrogens (tertiary/aromatic N) is 1. The highest BCUT2D eigenvalue weighted by atomic mass is 16.5. The number of carbonyl (C=O) groups is 1. The van der Waals surface area contributed by atoms with Crippen molar-refractivity contribution in [1.82, 2.24) is 0 Å². The van der Waals surface area contributed by atoms with Gasteiger partial charge in [0, 0.05) is 17.1 Å². The Bertz CT molecular complexity index is 1030. The number of fused-ring (bicyclic) bond motifs is 1. The van der Waals surface area contributed by atoms with Crippen LogP contribution in [0.4, 0.5) is 5.69 Å². The van der Waals surface area contributed by atoms with Crippen LogP contribution in [0, 0.1) is 25.2 Å². The van der Waals surface area contributed by atoms with Crippen molar-refractivity contribution >= 4 is 28.6 Å². The summed E-state index contributed by atoms with van der Waals surface area (Å²) in [4.78, 5) is 12.5. The first-order valence-corrected chi connectivity index (χ1v) is 8.09. The third-order valence-electron chi connectivity index (χ3n) is 4.12. The molecular weight excluding hydrogens is 328 g/mol. The van der Waals surface area contributed by atoms with Crippen LogP contribution >= 0.6 is 0 Å². The van der Waals surface area contributed by atoms with E-state index in [-0.39, 0.29) is 5.57 Å². The second kappa shape index (κ2) is 7.16. The van der Waals surface area contributed by atoms with E-state index in [1.165, 1.54) is 6.08 Å². The molecule has 0 bridgehead atoms. The summed E-state index contributed by atoms with van der Waals surface area (Å²) in [5.41, 5.74) is 3.12. The van der Waals surface area contributed by atoms with Crippen molar-refractivity contribution in [2.75, 3.05) is 12.4 Å². The van der Waals surface area contributed by atoms with Crippen LogP contribution in [0.15, 0.2) is 52.5 Å². The van der Waals surface area contributed by atoms with Gasteiger partial charge in [0.15, 0.2) is 11.3 Å². The summed E-state index contributed by atoms with van der Waals surface area (Å²) in [5.74, 6) is 0.538. The number of nitrogens with one attached hydrogen (secondary N) is 1. The highest BCUT2D eigenvalue weighted by Crippen LogP contribution is 2.29. The van der Waals surface area contributed by atoms with Crippen molar-refractivity contribution in [1.29, 1.82) is 5.26 Å². The van der Waals surface area contributed by atoms with E-state index in [0.29, 0.717) is 22.8 Å². The number of amides is 1. The van der Waals surface area contributed by atoms with E-state index in [1.807, 2.05) is 50.2 Å². The summed E-state index contributed by atoms with van der Waals surface area (Å²) in [5, 5.41) is 13.1. The Balaban J connectivity index is 1.93. The number of carbonyl (C=O) groups excluding carboxylic acids is 1. The Hall–Kier alpha value is -3.52. The van der Waals surface area contributed by atoms with Crippen LogP contribution < -0.4 is 10.1 Å². The average molecular weight is 346 g/mol. The fraction of sp³-hybridized carbons (Fsp3) is 0.143. The lowest BCUT2D eigenvalue weighted by Crippen LogP contribution is -2.15. The summed E-state index contributed by atoms with van der Waals surface area (Å²) in [6, 6.07) is 15.0. The van der Waals surface area contributed by atoms with Crippen LogP contribution in [-0.4, -0.2) is 13.0 Å². The maximum atomic E-state index is 12.5. The van der Waals surface area contributed by atoms with Gasteiger partial charge in [0.05, 0.1) is 7.11 Å². The molecule has 0 atom stereocenters. The topological polar surface area (TPSA) is 75.3 Å². The zero-order valence-electron chi connectivity index (χ0n) is 14.8. The Morgan fingerprint density at radius 1 is 1.19 bits per heavy atom. The molecule has 26 heavy (non-hydrogen) atoms. The molecule has 0 radical (unpaired) electrons. The van der Waals surface area contributed by atoms with Gasteiger partial charge in [-0.25, -0.2) is 0 Å². The van der Waals surface area contributed by atoms with Crippen LogP contribution in [0.2, 0.25) is 0 Å². The van der Waals surface area contributed by atoms with E-state index in [4.69, 9.17) is 9.15 Å². The number of hydrogen-bond donors (Lipinski definition) is 1. The van der Waals surface area contributed by atoms with Gasteiger partial charge >= 0.3 is 0 Å². The van der Waals surface area contributed by atoms with E-state index in [1.54, 1.807) is 19.2 Å². The van der Waals surface area contributed by atoms with Gasteiger partial charge in [-0.15, -0.1) is 0 Å². The zero-order chi connectivity index (χ0) is 18.7. The van der Waals surface area contributed by atoms with Crippen LogP contribution in [0.3, 0.4) is 0 Å². The lowest BCUT2D eigenvalue weighted by atomic mass is 10.1. The van der Waals surface area contributed by atoms with Gasteiger partial charge in [-0.05, 0) is 37.1 Å². The first-order chi connectivity index (χ1) is 12.5. The number of anilines is 1. The largest absolute Gasteiger partial charge is 0.493 e. The Labute approximate surface area is 151 Å². The third kappa shape index (κ3) is 3.31. The molecule has 0 spiro atoms. The number of para-hydroxylation sites is 2. The minimum absolute atomic E-state index is 0.0364. The van der Waals surface area contributed by atoms with Crippen LogP contribution in [0.25, 0.3) is 17.0 Å². The minimum atomic E-state index is -0.475. The lowest BCUT2D eigenvalue weighted by Gasteiger charge is -2.10. The molecule has 1 N–H and O–H groups in total. The Morgan fingerprint density at radius 3 is 2.54 bits per heavy atom. The number of ether oxygens (including phenoxy) is 1. The van der Waals surface area contributed by atoms with Crippen molar-refractivity contribution in [2.24, 2.45) is 0 Å². The molecule has 5 heteroatoms. The highest BCUT2D eigenvalue weighted by molar-refractivity contribution is 6.10. The maximum absolute atomic E-state index is 12.5. The third-order valence-corrected chi connectivity index (χ3v) is 4.12. The molecule has 0 aliphatic rings. The van der Waals surface area contributed by atoms with E-state index in [9.17, 15) is 10.1 Å². The summed E-state index contributed by atoms with van der Waals surface area (Å²) >= 11 is 0. The molecule has 3 rings (SSSR count). The maximum Gasteiger partial charge on any atom is 0.266 e. The predicted octanol–water partition coefficient (Wildman–Crippen LogP) is 4.60. The van der Waals surface area contributed by atoms with Crippen LogP contribution in [0.1, 0.15) is 16.9 Å². The molecule has 0 aliphatic heterocycles. The highest BCUT2D eigenvalue weighted by Gasteiger charge is 2.14. The Kier molecular flexibility index (Phi) is 4.76. The second-order valence-corrected chi connectivity index (χ2v) is 5.92. The SMILES string of the molecule is COc1cccc2cc(C=C(C#N)C(=O)Nc3c(C)cccc3C)oc12. The summed E-state index contributed by atoms with van der Waals surface area (Å²) in [6.45, 7) is 3.81. The molecule has 0 saturated carbocycles. The zero-order valence-corrected chi connectivity index (χ0v) is 14.8. The van der Waals surface area contributed by atoms with E-state index in [0.717, 1.165) is 16.5 Å². The van der Waals surface area contributed by atoms with Gasteiger partial charge in [-0.1, -0.05) is 30.3 Å². The van der Waals surface area contributed by atoms with Gasteiger partial charge in [-0.2, -0.15) is 5.26 Å². The van der Waals surface area contributed by atoms with Crippen molar-refractivity contribution in [3.05, 3.63) is 64.9 Å². The molecule has 130 valence electrons. The standard InChI is InChI=1S/C21H18N2O3/c1-13-6-4-7-14(2)19(13)23-21(24)16(12-22)11-17-10-15-8-5-9-18(25-3)20(15)26-17/h4-11H,1-3H3,(H,23,24). The van der Waals surface area contributed by atoms with Crippen molar-refractivity contribution < 1.29 is 13.9 Å². The molecule has 1 aromatic heterocycles.